The van der Waals surface area contributed by atoms with Crippen LogP contribution in [0, 0.1) is 5.92 Å². The number of anilines is 3. The summed E-state index contributed by atoms with van der Waals surface area (Å²) in [4.78, 5) is 46.7. The Morgan fingerprint density at radius 2 is 1.72 bits per heavy atom. The van der Waals surface area contributed by atoms with E-state index in [4.69, 9.17) is 4.74 Å². The molecular formula is C43H52FN3O5Si. The zero-order valence-corrected chi connectivity index (χ0v) is 32.7. The number of benzene rings is 3. The van der Waals surface area contributed by atoms with Crippen molar-refractivity contribution in [1.82, 2.24) is 4.90 Å². The van der Waals surface area contributed by atoms with Crippen LogP contribution in [0.1, 0.15) is 63.6 Å². The van der Waals surface area contributed by atoms with Crippen LogP contribution in [-0.4, -0.2) is 61.9 Å². The smallest absolute Gasteiger partial charge is 0.264 e. The topological polar surface area (TPSA) is 90.4 Å². The Bertz CT molecular complexity index is 1900. The molecule has 0 aromatic heterocycles. The second-order valence-electron chi connectivity index (χ2n) is 15.6. The first-order chi connectivity index (χ1) is 25.3. The molecule has 0 bridgehead atoms. The summed E-state index contributed by atoms with van der Waals surface area (Å²) in [5.74, 6) is -1.14. The first kappa shape index (κ1) is 38.3. The van der Waals surface area contributed by atoms with Crippen molar-refractivity contribution in [3.8, 4) is 0 Å². The molecule has 53 heavy (non-hydrogen) atoms. The van der Waals surface area contributed by atoms with Crippen molar-refractivity contribution in [2.24, 2.45) is 5.92 Å². The second kappa shape index (κ2) is 15.5. The Hall–Kier alpha value is -4.38. The van der Waals surface area contributed by atoms with Crippen molar-refractivity contribution in [2.75, 3.05) is 23.0 Å². The van der Waals surface area contributed by atoms with Crippen LogP contribution in [0.3, 0.4) is 0 Å². The summed E-state index contributed by atoms with van der Waals surface area (Å²) < 4.78 is 23.6. The molecule has 3 heterocycles. The molecule has 10 heteroatoms. The van der Waals surface area contributed by atoms with E-state index in [2.05, 4.69) is 32.9 Å². The van der Waals surface area contributed by atoms with Crippen molar-refractivity contribution in [2.45, 2.75) is 96.3 Å². The Labute approximate surface area is 314 Å². The monoisotopic (exact) mass is 737 g/mol. The minimum atomic E-state index is -3.57. The van der Waals surface area contributed by atoms with Gasteiger partial charge in [0, 0.05) is 41.5 Å². The highest BCUT2D eigenvalue weighted by Crippen LogP contribution is 2.60. The molecule has 1 spiro atoms. The van der Waals surface area contributed by atoms with Crippen molar-refractivity contribution in [3.05, 3.63) is 113 Å². The number of rotatable bonds is 12. The van der Waals surface area contributed by atoms with Crippen LogP contribution in [0.2, 0.25) is 18.6 Å². The van der Waals surface area contributed by atoms with Crippen LogP contribution in [0.4, 0.5) is 21.2 Å². The molecule has 0 aliphatic carbocycles. The number of para-hydroxylation sites is 1. The first-order valence-electron chi connectivity index (χ1n) is 18.7. The third kappa shape index (κ3) is 7.41. The molecule has 6 rings (SSSR count). The fourth-order valence-electron chi connectivity index (χ4n) is 8.70. The van der Waals surface area contributed by atoms with Gasteiger partial charge in [-0.25, -0.2) is 0 Å². The summed E-state index contributed by atoms with van der Waals surface area (Å²) in [6.07, 6.45) is 6.28. The van der Waals surface area contributed by atoms with Gasteiger partial charge in [0.2, 0.25) is 20.7 Å². The van der Waals surface area contributed by atoms with Gasteiger partial charge < -0.3 is 23.8 Å². The van der Waals surface area contributed by atoms with Crippen LogP contribution < -0.4 is 9.80 Å². The molecule has 3 amide bonds. The molecule has 8 nitrogen and oxygen atoms in total. The van der Waals surface area contributed by atoms with Gasteiger partial charge in [-0.15, -0.1) is 0 Å². The Balaban J connectivity index is 1.40. The number of ether oxygens (including phenoxy) is 1. The summed E-state index contributed by atoms with van der Waals surface area (Å²) in [5.41, 5.74) is 4.69. The van der Waals surface area contributed by atoms with Gasteiger partial charge in [-0.2, -0.15) is 0 Å². The lowest BCUT2D eigenvalue weighted by Crippen LogP contribution is -2.48. The second-order valence-corrected chi connectivity index (χ2v) is 19.4. The normalized spacial score (nSPS) is 23.9. The van der Waals surface area contributed by atoms with Crippen molar-refractivity contribution in [1.29, 1.82) is 0 Å². The number of carbonyl (C=O) groups excluding carboxylic acids is 3. The predicted octanol–water partition coefficient (Wildman–Crippen LogP) is 8.13. The van der Waals surface area contributed by atoms with Gasteiger partial charge in [0.05, 0.1) is 30.9 Å². The van der Waals surface area contributed by atoms with Gasteiger partial charge in [0.25, 0.3) is 5.91 Å². The number of aliphatic hydroxyl groups is 1. The van der Waals surface area contributed by atoms with Crippen LogP contribution in [-0.2, 0) is 37.7 Å². The van der Waals surface area contributed by atoms with E-state index < -0.39 is 37.6 Å². The fraction of sp³-hybridized carbons (Fsp3) is 0.419. The maximum Gasteiger partial charge on any atom is 0.264 e. The largest absolute Gasteiger partial charge is 0.394 e. The summed E-state index contributed by atoms with van der Waals surface area (Å²) >= 11 is 0. The number of aliphatic hydroxyl groups excluding tert-OH is 1. The lowest BCUT2D eigenvalue weighted by atomic mass is 9.82. The van der Waals surface area contributed by atoms with Crippen molar-refractivity contribution >= 4 is 43.7 Å². The highest BCUT2D eigenvalue weighted by Gasteiger charge is 2.67. The average Bonchev–Trinajstić information content (AvgIpc) is 3.56. The molecular weight excluding hydrogens is 686 g/mol. The molecule has 5 atom stereocenters. The van der Waals surface area contributed by atoms with Gasteiger partial charge in [-0.05, 0) is 94.6 Å². The van der Waals surface area contributed by atoms with Crippen LogP contribution in [0.5, 0.6) is 0 Å². The van der Waals surface area contributed by atoms with Crippen LogP contribution in [0.15, 0.2) is 96.1 Å². The van der Waals surface area contributed by atoms with E-state index in [-0.39, 0.29) is 24.8 Å². The molecule has 1 fully saturated rings. The third-order valence-corrected chi connectivity index (χ3v) is 13.8. The van der Waals surface area contributed by atoms with E-state index >= 15 is 8.90 Å². The number of allylic oxidation sites excluding steroid dienone is 3. The zero-order chi connectivity index (χ0) is 38.1. The van der Waals surface area contributed by atoms with Crippen molar-refractivity contribution in [3.63, 3.8) is 0 Å². The van der Waals surface area contributed by atoms with E-state index in [1.54, 1.807) is 22.9 Å². The number of nitrogens with zero attached hydrogens (tertiary/aromatic N) is 3. The molecule has 280 valence electrons. The molecule has 0 saturated carbocycles. The molecule has 0 radical (unpaired) electrons. The lowest BCUT2D eigenvalue weighted by Gasteiger charge is -2.37. The number of hydrogen-bond donors (Lipinski definition) is 1. The Morgan fingerprint density at radius 1 is 1.02 bits per heavy atom. The summed E-state index contributed by atoms with van der Waals surface area (Å²) in [6, 6.07) is 22.2. The molecule has 1 saturated heterocycles. The molecule has 3 aromatic rings. The van der Waals surface area contributed by atoms with Crippen LogP contribution in [0.25, 0.3) is 0 Å². The minimum Gasteiger partial charge on any atom is -0.394 e. The van der Waals surface area contributed by atoms with Gasteiger partial charge in [0.15, 0.2) is 5.60 Å². The summed E-state index contributed by atoms with van der Waals surface area (Å²) in [5, 5.41) is 10.3. The predicted molar refractivity (Wildman–Crippen MR) is 210 cm³/mol. The SMILES string of the molecule is CC(C)=CCC/C(C)=C/CN1C(=O)[C@@]2(O[C@@H](CC(=O)N3Cc4ccccc4C[C@H]3CO)[C@H]([Si](C)(C)F)[C@H]2C)c2cc(N(C=O)c3ccccc3)ccc21. The third-order valence-electron chi connectivity index (χ3n) is 11.3. The molecule has 3 aliphatic rings. The number of hydrogen-bond acceptors (Lipinski definition) is 5. The number of fused-ring (bicyclic) bond motifs is 3. The Kier molecular flexibility index (Phi) is 11.2. The molecule has 1 N–H and O–H groups in total. The van der Waals surface area contributed by atoms with Gasteiger partial charge in [-0.1, -0.05) is 72.7 Å². The maximum atomic E-state index is 16.7. The van der Waals surface area contributed by atoms with E-state index in [9.17, 15) is 14.7 Å². The Morgan fingerprint density at radius 3 is 2.38 bits per heavy atom. The summed E-state index contributed by atoms with van der Waals surface area (Å²) in [6.45, 7) is 11.8. The number of halogens is 1. The highest BCUT2D eigenvalue weighted by molar-refractivity contribution is 6.72. The molecule has 3 aliphatic heterocycles. The first-order valence-corrected chi connectivity index (χ1v) is 21.6. The number of carbonyl (C=O) groups is 3. The van der Waals surface area contributed by atoms with Crippen molar-refractivity contribution < 1.29 is 28.3 Å². The average molecular weight is 738 g/mol. The molecule has 0 unspecified atom stereocenters. The summed E-state index contributed by atoms with van der Waals surface area (Å²) in [7, 11) is -3.57. The maximum absolute atomic E-state index is 16.7. The van der Waals surface area contributed by atoms with Gasteiger partial charge in [0.1, 0.15) is 0 Å². The quantitative estimate of drug-likeness (QED) is 0.0878. The number of amides is 3. The van der Waals surface area contributed by atoms with Gasteiger partial charge >= 0.3 is 0 Å². The molecule has 3 aromatic carbocycles. The van der Waals surface area contributed by atoms with E-state index in [1.165, 1.54) is 10.5 Å². The lowest BCUT2D eigenvalue weighted by molar-refractivity contribution is -0.150. The van der Waals surface area contributed by atoms with E-state index in [0.29, 0.717) is 42.1 Å². The van der Waals surface area contributed by atoms with E-state index in [0.717, 1.165) is 36.0 Å². The minimum absolute atomic E-state index is 0.119. The standard InChI is InChI=1S/C43H52FN3O5Si/c1-29(2)13-12-14-30(3)21-22-45-38-20-19-35(47(28-49)34-17-8-7-9-18-34)24-37(38)43(42(45)51)31(4)41(53(5,6)44)39(52-43)25-40(50)46-26-33-16-11-10-15-32(33)23-36(46)27-48/h7-11,13,15-21,24,28,31,36,39,41,48H,12,14,22-23,25-27H2,1-6H3/b30-21+/t31-,36+,39+,41-,43+/m1/s1. The van der Waals surface area contributed by atoms with Gasteiger partial charge in [-0.3, -0.25) is 19.3 Å². The van der Waals surface area contributed by atoms with Crippen LogP contribution >= 0.6 is 0 Å². The fourth-order valence-corrected chi connectivity index (χ4v) is 11.2. The van der Waals surface area contributed by atoms with E-state index in [1.807, 2.05) is 79.7 Å². The highest BCUT2D eigenvalue weighted by atomic mass is 28.4. The zero-order valence-electron chi connectivity index (χ0n) is 31.7.